The predicted octanol–water partition coefficient (Wildman–Crippen LogP) is 2.38. The van der Waals surface area contributed by atoms with Gasteiger partial charge in [-0.2, -0.15) is 13.2 Å². The first-order chi connectivity index (χ1) is 10.6. The van der Waals surface area contributed by atoms with E-state index in [9.17, 15) is 26.4 Å². The fourth-order valence-corrected chi connectivity index (χ4v) is 3.30. The maximum atomic E-state index is 12.9. The van der Waals surface area contributed by atoms with Crippen LogP contribution in [-0.2, 0) is 16.2 Å². The van der Waals surface area contributed by atoms with Crippen LogP contribution < -0.4 is 10.0 Å². The molecule has 1 aromatic heterocycles. The molecule has 0 aliphatic rings. The minimum absolute atomic E-state index is 0.0132. The number of urea groups is 1. The molecule has 0 unspecified atom stereocenters. The van der Waals surface area contributed by atoms with Gasteiger partial charge in [-0.1, -0.05) is 23.5 Å². The number of alkyl halides is 3. The Morgan fingerprint density at radius 1 is 1.22 bits per heavy atom. The van der Waals surface area contributed by atoms with Crippen molar-refractivity contribution in [3.05, 3.63) is 34.8 Å². The highest BCUT2D eigenvalue weighted by atomic mass is 32.2. The van der Waals surface area contributed by atoms with Gasteiger partial charge in [-0.25, -0.2) is 17.9 Å². The number of hydrogen-bond donors (Lipinski definition) is 2. The average molecular weight is 366 g/mol. The molecule has 0 saturated carbocycles. The first-order valence-corrected chi connectivity index (χ1v) is 8.20. The van der Waals surface area contributed by atoms with Crippen molar-refractivity contribution in [2.45, 2.75) is 18.0 Å². The number of halogens is 3. The molecule has 0 fully saturated rings. The molecular weight excluding hydrogens is 357 g/mol. The van der Waals surface area contributed by atoms with Gasteiger partial charge >= 0.3 is 12.2 Å². The van der Waals surface area contributed by atoms with Crippen LogP contribution in [0, 0.1) is 6.92 Å². The maximum Gasteiger partial charge on any atom is 0.417 e. The summed E-state index contributed by atoms with van der Waals surface area (Å²) in [5, 5.41) is 9.75. The van der Waals surface area contributed by atoms with Gasteiger partial charge in [0, 0.05) is 0 Å². The van der Waals surface area contributed by atoms with E-state index in [4.69, 9.17) is 0 Å². The van der Waals surface area contributed by atoms with Gasteiger partial charge in [0.2, 0.25) is 5.13 Å². The summed E-state index contributed by atoms with van der Waals surface area (Å²) in [6.45, 7) is 1.61. The van der Waals surface area contributed by atoms with Crippen LogP contribution in [-0.4, -0.2) is 24.6 Å². The van der Waals surface area contributed by atoms with Crippen LogP contribution in [0.3, 0.4) is 0 Å². The lowest BCUT2D eigenvalue weighted by atomic mass is 10.2. The third kappa shape index (κ3) is 4.16. The molecule has 0 aliphatic heterocycles. The summed E-state index contributed by atoms with van der Waals surface area (Å²) in [7, 11) is -4.71. The van der Waals surface area contributed by atoms with Crippen molar-refractivity contribution < 1.29 is 26.4 Å². The molecule has 23 heavy (non-hydrogen) atoms. The zero-order valence-corrected chi connectivity index (χ0v) is 13.0. The molecule has 2 N–H and O–H groups in total. The molecule has 0 radical (unpaired) electrons. The topological polar surface area (TPSA) is 101 Å². The summed E-state index contributed by atoms with van der Waals surface area (Å²) in [6.07, 6.45) is -4.88. The summed E-state index contributed by atoms with van der Waals surface area (Å²) in [6, 6.07) is 2.30. The highest BCUT2D eigenvalue weighted by Crippen LogP contribution is 2.33. The molecule has 1 heterocycles. The van der Waals surface area contributed by atoms with Gasteiger partial charge in [0.1, 0.15) is 5.01 Å². The fraction of sp³-hybridized carbons (Fsp3) is 0.182. The molecule has 12 heteroatoms. The number of nitrogens with one attached hydrogen (secondary N) is 2. The van der Waals surface area contributed by atoms with Crippen LogP contribution >= 0.6 is 11.3 Å². The van der Waals surface area contributed by atoms with E-state index in [1.807, 2.05) is 0 Å². The number of hydrogen-bond acceptors (Lipinski definition) is 6. The van der Waals surface area contributed by atoms with E-state index in [0.29, 0.717) is 11.1 Å². The first kappa shape index (κ1) is 17.1. The molecule has 7 nitrogen and oxygen atoms in total. The van der Waals surface area contributed by atoms with Crippen LogP contribution in [0.5, 0.6) is 0 Å². The van der Waals surface area contributed by atoms with Crippen LogP contribution in [0.15, 0.2) is 29.2 Å². The zero-order chi connectivity index (χ0) is 17.3. The van der Waals surface area contributed by atoms with Gasteiger partial charge in [0.05, 0.1) is 10.5 Å². The molecule has 0 saturated heterocycles. The van der Waals surface area contributed by atoms with Gasteiger partial charge in [-0.15, -0.1) is 10.2 Å². The zero-order valence-electron chi connectivity index (χ0n) is 11.4. The molecule has 0 bridgehead atoms. The molecule has 0 aliphatic carbocycles. The Morgan fingerprint density at radius 2 is 1.87 bits per heavy atom. The van der Waals surface area contributed by atoms with Gasteiger partial charge in [-0.05, 0) is 19.1 Å². The van der Waals surface area contributed by atoms with Crippen LogP contribution in [0.4, 0.5) is 23.1 Å². The number of anilines is 1. The molecule has 0 spiro atoms. The smallest absolute Gasteiger partial charge is 0.281 e. The average Bonchev–Trinajstić information content (AvgIpc) is 2.82. The summed E-state index contributed by atoms with van der Waals surface area (Å²) >= 11 is 0.976. The summed E-state index contributed by atoms with van der Waals surface area (Å²) in [5.74, 6) is 0. The minimum atomic E-state index is -4.88. The van der Waals surface area contributed by atoms with Gasteiger partial charge in [-0.3, -0.25) is 5.32 Å². The van der Waals surface area contributed by atoms with Crippen molar-refractivity contribution in [3.8, 4) is 0 Å². The number of carbonyl (C=O) groups excluding carboxylic acids is 1. The standard InChI is InChI=1S/C11H9F3N4O3S2/c1-6-16-17-10(22-6)15-9(19)18-23(20,21)8-5-3-2-4-7(8)11(12,13)14/h2-5H,1H3,(H2,15,17,18,19). The molecule has 2 rings (SSSR count). The van der Waals surface area contributed by atoms with Crippen molar-refractivity contribution in [1.29, 1.82) is 0 Å². The lowest BCUT2D eigenvalue weighted by molar-refractivity contribution is -0.139. The number of nitrogens with zero attached hydrogens (tertiary/aromatic N) is 2. The third-order valence-electron chi connectivity index (χ3n) is 2.46. The monoisotopic (exact) mass is 366 g/mol. The Morgan fingerprint density at radius 3 is 2.43 bits per heavy atom. The lowest BCUT2D eigenvalue weighted by Crippen LogP contribution is -2.35. The van der Waals surface area contributed by atoms with E-state index in [-0.39, 0.29) is 5.13 Å². The number of benzene rings is 1. The second kappa shape index (κ2) is 6.12. The number of amides is 2. The van der Waals surface area contributed by atoms with Crippen molar-refractivity contribution in [3.63, 3.8) is 0 Å². The predicted molar refractivity (Wildman–Crippen MR) is 75.4 cm³/mol. The second-order valence-corrected chi connectivity index (χ2v) is 7.01. The van der Waals surface area contributed by atoms with Crippen LogP contribution in [0.25, 0.3) is 0 Å². The second-order valence-electron chi connectivity index (χ2n) is 4.18. The largest absolute Gasteiger partial charge is 0.417 e. The summed E-state index contributed by atoms with van der Waals surface area (Å²) in [5.41, 5.74) is -1.37. The van der Waals surface area contributed by atoms with E-state index in [0.717, 1.165) is 29.5 Å². The molecule has 0 atom stereocenters. The van der Waals surface area contributed by atoms with Gasteiger partial charge in [0.25, 0.3) is 10.0 Å². The SMILES string of the molecule is Cc1nnc(NC(=O)NS(=O)(=O)c2ccccc2C(F)(F)F)s1. The first-order valence-electron chi connectivity index (χ1n) is 5.90. The van der Waals surface area contributed by atoms with Gasteiger partial charge < -0.3 is 0 Å². The number of aromatic nitrogens is 2. The van der Waals surface area contributed by atoms with E-state index in [1.54, 1.807) is 6.92 Å². The highest BCUT2D eigenvalue weighted by molar-refractivity contribution is 7.90. The Kier molecular flexibility index (Phi) is 4.56. The van der Waals surface area contributed by atoms with E-state index in [1.165, 1.54) is 4.72 Å². The van der Waals surface area contributed by atoms with E-state index < -0.39 is 32.7 Å². The number of carbonyl (C=O) groups is 1. The van der Waals surface area contributed by atoms with Gasteiger partial charge in [0.15, 0.2) is 0 Å². The van der Waals surface area contributed by atoms with E-state index >= 15 is 0 Å². The highest BCUT2D eigenvalue weighted by Gasteiger charge is 2.37. The van der Waals surface area contributed by atoms with Crippen molar-refractivity contribution >= 4 is 32.5 Å². The number of sulfonamides is 1. The Labute approximate surface area is 132 Å². The number of rotatable bonds is 3. The molecule has 2 amide bonds. The molecule has 124 valence electrons. The lowest BCUT2D eigenvalue weighted by Gasteiger charge is -2.13. The van der Waals surface area contributed by atoms with Crippen molar-refractivity contribution in [1.82, 2.24) is 14.9 Å². The molecular formula is C11H9F3N4O3S2. The Bertz CT molecular complexity index is 833. The quantitative estimate of drug-likeness (QED) is 0.869. The van der Waals surface area contributed by atoms with Crippen LogP contribution in [0.2, 0.25) is 0 Å². The summed E-state index contributed by atoms with van der Waals surface area (Å²) < 4.78 is 64.1. The normalized spacial score (nSPS) is 12.0. The van der Waals surface area contributed by atoms with Crippen LogP contribution in [0.1, 0.15) is 10.6 Å². The fourth-order valence-electron chi connectivity index (χ4n) is 1.58. The third-order valence-corrected chi connectivity index (χ3v) is 4.60. The Hall–Kier alpha value is -2.21. The minimum Gasteiger partial charge on any atom is -0.281 e. The van der Waals surface area contributed by atoms with Crippen molar-refractivity contribution in [2.24, 2.45) is 0 Å². The van der Waals surface area contributed by atoms with E-state index in [2.05, 4.69) is 15.5 Å². The summed E-state index contributed by atoms with van der Waals surface area (Å²) in [4.78, 5) is 10.6. The molecule has 2 aromatic rings. The maximum absolute atomic E-state index is 12.9. The molecule has 1 aromatic carbocycles. The van der Waals surface area contributed by atoms with Crippen molar-refractivity contribution in [2.75, 3.05) is 5.32 Å². The number of aryl methyl sites for hydroxylation is 1. The Balaban J connectivity index is 2.24.